The van der Waals surface area contributed by atoms with Crippen molar-refractivity contribution in [2.24, 2.45) is 5.92 Å². The molecule has 2 aromatic heterocycles. The minimum atomic E-state index is -4.73. The Morgan fingerprint density at radius 3 is 2.75 bits per heavy atom. The quantitative estimate of drug-likeness (QED) is 0.477. The van der Waals surface area contributed by atoms with E-state index in [1.54, 1.807) is 6.07 Å². The van der Waals surface area contributed by atoms with E-state index in [1.807, 2.05) is 13.8 Å². The summed E-state index contributed by atoms with van der Waals surface area (Å²) in [5.74, 6) is -0.258. The van der Waals surface area contributed by atoms with Gasteiger partial charge in [-0.15, -0.1) is 22.0 Å². The third-order valence-electron chi connectivity index (χ3n) is 2.75. The van der Waals surface area contributed by atoms with Gasteiger partial charge in [0.15, 0.2) is 5.65 Å². The normalized spacial score (nSPS) is 12.4. The van der Waals surface area contributed by atoms with E-state index < -0.39 is 12.0 Å². The summed E-state index contributed by atoms with van der Waals surface area (Å²) in [7, 11) is 0. The summed E-state index contributed by atoms with van der Waals surface area (Å²) < 4.78 is 40.3. The molecule has 10 heteroatoms. The number of nitriles is 1. The molecule has 0 saturated heterocycles. The fourth-order valence-electron chi connectivity index (χ4n) is 1.77. The first-order chi connectivity index (χ1) is 11.3. The van der Waals surface area contributed by atoms with Crippen LogP contribution in [0.3, 0.4) is 0 Å². The number of allylic oxidation sites excluding steroid dienone is 1. The molecule has 0 amide bonds. The number of hydrogen-bond donors (Lipinski definition) is 0. The van der Waals surface area contributed by atoms with Crippen molar-refractivity contribution in [2.75, 3.05) is 5.75 Å². The van der Waals surface area contributed by atoms with Gasteiger partial charge in [-0.3, -0.25) is 4.40 Å². The van der Waals surface area contributed by atoms with Crippen molar-refractivity contribution in [3.8, 4) is 6.07 Å². The van der Waals surface area contributed by atoms with Crippen LogP contribution in [-0.2, 0) is 6.18 Å². The maximum Gasteiger partial charge on any atom is 0.452 e. The van der Waals surface area contributed by atoms with Crippen molar-refractivity contribution in [1.29, 1.82) is 5.26 Å². The largest absolute Gasteiger partial charge is 0.452 e. The fourth-order valence-corrected chi connectivity index (χ4v) is 2.65. The maximum absolute atomic E-state index is 13.2. The first-order valence-corrected chi connectivity index (χ1v) is 7.69. The summed E-state index contributed by atoms with van der Waals surface area (Å²) in [6.45, 7) is 10.8. The number of fused-ring (bicyclic) bond motifs is 1. The highest BCUT2D eigenvalue weighted by molar-refractivity contribution is 7.99. The summed E-state index contributed by atoms with van der Waals surface area (Å²) >= 11 is 1.27. The van der Waals surface area contributed by atoms with E-state index in [-0.39, 0.29) is 17.0 Å². The van der Waals surface area contributed by atoms with Crippen LogP contribution in [0.5, 0.6) is 0 Å². The van der Waals surface area contributed by atoms with E-state index in [9.17, 15) is 13.2 Å². The van der Waals surface area contributed by atoms with E-state index in [0.29, 0.717) is 16.7 Å². The molecule has 0 fully saturated rings. The fraction of sp³-hybridized carbons (Fsp3) is 0.357. The van der Waals surface area contributed by atoms with Crippen LogP contribution in [-0.4, -0.2) is 25.3 Å². The molecule has 0 spiro atoms. The Kier molecular flexibility index (Phi) is 5.10. The number of thioether (sulfide) groups is 1. The van der Waals surface area contributed by atoms with Gasteiger partial charge in [-0.25, -0.2) is 15.1 Å². The summed E-state index contributed by atoms with van der Waals surface area (Å²) in [6, 6.07) is 1.61. The average Bonchev–Trinajstić information content (AvgIpc) is 2.96. The van der Waals surface area contributed by atoms with Crippen LogP contribution in [0.1, 0.15) is 25.4 Å². The van der Waals surface area contributed by atoms with Crippen molar-refractivity contribution in [1.82, 2.24) is 19.6 Å². The average molecular weight is 352 g/mol. The van der Waals surface area contributed by atoms with Crippen molar-refractivity contribution in [3.05, 3.63) is 34.8 Å². The SMILES string of the molecule is [C-]#[N+]C(C#N)=Cc1cnc(SCC(C)C)c2nnc(C(F)(F)F)n12. The Hall–Kier alpha value is -2.59. The molecular formula is C14H11F3N6S. The van der Waals surface area contributed by atoms with E-state index in [1.165, 1.54) is 18.0 Å². The van der Waals surface area contributed by atoms with Crippen molar-refractivity contribution in [3.63, 3.8) is 0 Å². The predicted octanol–water partition coefficient (Wildman–Crippen LogP) is 3.67. The van der Waals surface area contributed by atoms with Crippen LogP contribution >= 0.6 is 11.8 Å². The molecule has 124 valence electrons. The van der Waals surface area contributed by atoms with Gasteiger partial charge in [0.25, 0.3) is 5.70 Å². The molecule has 0 saturated carbocycles. The monoisotopic (exact) mass is 352 g/mol. The number of rotatable bonds is 4. The molecule has 0 N–H and O–H groups in total. The lowest BCUT2D eigenvalue weighted by Gasteiger charge is -2.09. The van der Waals surface area contributed by atoms with E-state index >= 15 is 0 Å². The smallest absolute Gasteiger partial charge is 0.269 e. The molecule has 0 atom stereocenters. The van der Waals surface area contributed by atoms with Crippen LogP contribution < -0.4 is 0 Å². The van der Waals surface area contributed by atoms with Crippen LogP contribution in [0.2, 0.25) is 0 Å². The van der Waals surface area contributed by atoms with Crippen LogP contribution in [0.25, 0.3) is 16.6 Å². The first kappa shape index (κ1) is 17.8. The highest BCUT2D eigenvalue weighted by atomic mass is 32.2. The molecule has 2 aromatic rings. The van der Waals surface area contributed by atoms with Crippen molar-refractivity contribution < 1.29 is 13.2 Å². The highest BCUT2D eigenvalue weighted by Gasteiger charge is 2.38. The van der Waals surface area contributed by atoms with Gasteiger partial charge in [-0.2, -0.15) is 13.2 Å². The zero-order valence-corrected chi connectivity index (χ0v) is 13.5. The van der Waals surface area contributed by atoms with E-state index in [0.717, 1.165) is 10.5 Å². The lowest BCUT2D eigenvalue weighted by atomic mass is 10.3. The van der Waals surface area contributed by atoms with E-state index in [4.69, 9.17) is 11.8 Å². The minimum absolute atomic E-state index is 0.0519. The van der Waals surface area contributed by atoms with Crippen LogP contribution in [0.4, 0.5) is 13.2 Å². The molecule has 24 heavy (non-hydrogen) atoms. The molecule has 0 radical (unpaired) electrons. The minimum Gasteiger partial charge on any atom is -0.269 e. The van der Waals surface area contributed by atoms with Crippen molar-refractivity contribution >= 4 is 23.5 Å². The third kappa shape index (κ3) is 3.66. The molecule has 0 aromatic carbocycles. The van der Waals surface area contributed by atoms with Gasteiger partial charge in [0.05, 0.1) is 24.5 Å². The zero-order chi connectivity index (χ0) is 17.9. The molecule has 2 rings (SSSR count). The standard InChI is InChI=1S/C14H11F3N6S/c1-8(2)7-24-12-11-21-22-13(14(15,16)17)23(11)10(6-20-12)4-9(5-18)19-3/h4,6,8H,7H2,1-2H3. The van der Waals surface area contributed by atoms with Gasteiger partial charge in [-0.05, 0) is 12.0 Å². The Balaban J connectivity index is 2.70. The van der Waals surface area contributed by atoms with Gasteiger partial charge < -0.3 is 0 Å². The van der Waals surface area contributed by atoms with Crippen LogP contribution in [0.15, 0.2) is 16.9 Å². The third-order valence-corrected chi connectivity index (χ3v) is 4.15. The number of halogens is 3. The zero-order valence-electron chi connectivity index (χ0n) is 12.7. The number of alkyl halides is 3. The summed E-state index contributed by atoms with van der Waals surface area (Å²) in [5, 5.41) is 16.0. The van der Waals surface area contributed by atoms with Gasteiger partial charge in [0.2, 0.25) is 5.82 Å². The van der Waals surface area contributed by atoms with Gasteiger partial charge in [0, 0.05) is 5.75 Å². The maximum atomic E-state index is 13.2. The summed E-state index contributed by atoms with van der Waals surface area (Å²) in [6.07, 6.45) is -2.52. The molecule has 0 aliphatic rings. The molecule has 0 unspecified atom stereocenters. The Morgan fingerprint density at radius 1 is 1.50 bits per heavy atom. The lowest BCUT2D eigenvalue weighted by Crippen LogP contribution is -2.13. The van der Waals surface area contributed by atoms with Gasteiger partial charge in [-0.1, -0.05) is 13.8 Å². The Morgan fingerprint density at radius 2 is 2.21 bits per heavy atom. The van der Waals surface area contributed by atoms with E-state index in [2.05, 4.69) is 20.0 Å². The molecule has 0 aliphatic carbocycles. The second kappa shape index (κ2) is 6.89. The number of nitrogens with zero attached hydrogens (tertiary/aromatic N) is 6. The molecule has 0 aliphatic heterocycles. The second-order valence-corrected chi connectivity index (χ2v) is 6.14. The second-order valence-electron chi connectivity index (χ2n) is 5.13. The number of hydrogen-bond acceptors (Lipinski definition) is 5. The topological polar surface area (TPSA) is 71.2 Å². The molecule has 6 nitrogen and oxygen atoms in total. The van der Waals surface area contributed by atoms with Gasteiger partial charge >= 0.3 is 6.18 Å². The molecule has 2 heterocycles. The Labute approximate surface area is 139 Å². The highest BCUT2D eigenvalue weighted by Crippen LogP contribution is 2.32. The number of aromatic nitrogens is 4. The van der Waals surface area contributed by atoms with Crippen LogP contribution in [0, 0.1) is 23.8 Å². The van der Waals surface area contributed by atoms with Gasteiger partial charge in [0.1, 0.15) is 5.03 Å². The molecule has 0 bridgehead atoms. The lowest BCUT2D eigenvalue weighted by molar-refractivity contribution is -0.145. The summed E-state index contributed by atoms with van der Waals surface area (Å²) in [4.78, 5) is 7.06. The first-order valence-electron chi connectivity index (χ1n) is 6.71. The van der Waals surface area contributed by atoms with Crippen molar-refractivity contribution in [2.45, 2.75) is 25.0 Å². The summed E-state index contributed by atoms with van der Waals surface area (Å²) in [5.41, 5.74) is -0.490. The Bertz CT molecular complexity index is 853. The predicted molar refractivity (Wildman–Crippen MR) is 81.5 cm³/mol. The molecular weight excluding hydrogens is 341 g/mol.